The van der Waals surface area contributed by atoms with Crippen LogP contribution in [-0.4, -0.2) is 23.2 Å². The molecule has 4 aromatic rings. The third-order valence-corrected chi connectivity index (χ3v) is 6.39. The number of fused-ring (bicyclic) bond motifs is 1. The van der Waals surface area contributed by atoms with E-state index in [1.54, 1.807) is 42.6 Å². The molecule has 2 aromatic heterocycles. The summed E-state index contributed by atoms with van der Waals surface area (Å²) < 4.78 is 27.4. The summed E-state index contributed by atoms with van der Waals surface area (Å²) in [6.45, 7) is 3.43. The summed E-state index contributed by atoms with van der Waals surface area (Å²) in [5, 5.41) is 0.707. The molecular formula is C22H18N2O3S. The molecule has 0 aliphatic carbocycles. The van der Waals surface area contributed by atoms with Gasteiger partial charge in [-0.05, 0) is 55.3 Å². The molecule has 6 heteroatoms. The first kappa shape index (κ1) is 18.1. The Kier molecular flexibility index (Phi) is 4.35. The molecule has 0 spiro atoms. The normalized spacial score (nSPS) is 11.6. The average molecular weight is 390 g/mol. The number of carbonyl (C=O) groups is 1. The lowest BCUT2D eigenvalue weighted by atomic mass is 10.0. The fourth-order valence-corrected chi connectivity index (χ4v) is 4.49. The Morgan fingerprint density at radius 2 is 1.75 bits per heavy atom. The van der Waals surface area contributed by atoms with Gasteiger partial charge in [-0.2, -0.15) is 0 Å². The zero-order valence-electron chi connectivity index (χ0n) is 15.5. The molecule has 0 N–H and O–H groups in total. The second-order valence-corrected chi connectivity index (χ2v) is 8.48. The topological polar surface area (TPSA) is 69.0 Å². The van der Waals surface area contributed by atoms with E-state index in [1.165, 1.54) is 17.1 Å². The van der Waals surface area contributed by atoms with Gasteiger partial charge >= 0.3 is 0 Å². The molecule has 0 radical (unpaired) electrons. The summed E-state index contributed by atoms with van der Waals surface area (Å²) in [5.74, 6) is -0.0216. The van der Waals surface area contributed by atoms with E-state index < -0.39 is 10.0 Å². The van der Waals surface area contributed by atoms with Gasteiger partial charge in [0.25, 0.3) is 10.0 Å². The average Bonchev–Trinajstić information content (AvgIpc) is 3.13. The molecule has 2 aromatic carbocycles. The number of nitrogens with zero attached hydrogens (tertiary/aromatic N) is 2. The van der Waals surface area contributed by atoms with Gasteiger partial charge in [0.15, 0.2) is 11.4 Å². The highest BCUT2D eigenvalue weighted by molar-refractivity contribution is 7.90. The van der Waals surface area contributed by atoms with Crippen LogP contribution >= 0.6 is 0 Å². The van der Waals surface area contributed by atoms with Crippen molar-refractivity contribution in [2.45, 2.75) is 18.7 Å². The summed E-state index contributed by atoms with van der Waals surface area (Å²) >= 11 is 0. The third-order valence-electron chi connectivity index (χ3n) is 4.71. The number of benzene rings is 2. The van der Waals surface area contributed by atoms with E-state index >= 15 is 0 Å². The first-order chi connectivity index (χ1) is 13.4. The van der Waals surface area contributed by atoms with Gasteiger partial charge in [0.05, 0.1) is 4.90 Å². The Hall–Kier alpha value is -3.25. The van der Waals surface area contributed by atoms with Crippen LogP contribution in [0.15, 0.2) is 78.0 Å². The molecule has 0 atom stereocenters. The second-order valence-electron chi connectivity index (χ2n) is 6.66. The molecule has 140 valence electrons. The van der Waals surface area contributed by atoms with Crippen molar-refractivity contribution in [2.75, 3.05) is 0 Å². The van der Waals surface area contributed by atoms with Gasteiger partial charge in [0.2, 0.25) is 0 Å². The van der Waals surface area contributed by atoms with Crippen LogP contribution in [0.2, 0.25) is 0 Å². The maximum Gasteiger partial charge on any atom is 0.269 e. The van der Waals surface area contributed by atoms with E-state index in [2.05, 4.69) is 4.98 Å². The summed E-state index contributed by atoms with van der Waals surface area (Å²) in [6, 6.07) is 17.6. The Bertz CT molecular complexity index is 1300. The molecule has 0 saturated carbocycles. The van der Waals surface area contributed by atoms with Gasteiger partial charge in [-0.15, -0.1) is 0 Å². The largest absolute Gasteiger partial charge is 0.295 e. The SMILES string of the molecule is CC(=O)c1cccc(-c2ccnc3c2ccn3S(=O)(=O)c2ccc(C)cc2)c1. The molecule has 0 fully saturated rings. The minimum atomic E-state index is -3.76. The van der Waals surface area contributed by atoms with Crippen molar-refractivity contribution in [3.8, 4) is 11.1 Å². The van der Waals surface area contributed by atoms with E-state index in [-0.39, 0.29) is 10.7 Å². The minimum absolute atomic E-state index is 0.0216. The summed E-state index contributed by atoms with van der Waals surface area (Å²) in [4.78, 5) is 16.2. The summed E-state index contributed by atoms with van der Waals surface area (Å²) in [5.41, 5.74) is 3.61. The fourth-order valence-electron chi connectivity index (χ4n) is 3.19. The number of hydrogen-bond donors (Lipinski definition) is 0. The van der Waals surface area contributed by atoms with Gasteiger partial charge < -0.3 is 0 Å². The van der Waals surface area contributed by atoms with Crippen molar-refractivity contribution >= 4 is 26.8 Å². The predicted molar refractivity (Wildman–Crippen MR) is 109 cm³/mol. The smallest absolute Gasteiger partial charge is 0.269 e. The van der Waals surface area contributed by atoms with Crippen molar-refractivity contribution in [3.63, 3.8) is 0 Å². The van der Waals surface area contributed by atoms with Crippen molar-refractivity contribution in [2.24, 2.45) is 0 Å². The molecule has 2 heterocycles. The molecule has 0 saturated heterocycles. The first-order valence-electron chi connectivity index (χ1n) is 8.77. The fraction of sp³-hybridized carbons (Fsp3) is 0.0909. The van der Waals surface area contributed by atoms with Crippen LogP contribution < -0.4 is 0 Å². The molecule has 0 aliphatic rings. The summed E-state index contributed by atoms with van der Waals surface area (Å²) in [6.07, 6.45) is 3.10. The maximum absolute atomic E-state index is 13.1. The van der Waals surface area contributed by atoms with E-state index in [9.17, 15) is 13.2 Å². The number of pyridine rings is 1. The van der Waals surface area contributed by atoms with Crippen molar-refractivity contribution in [1.82, 2.24) is 8.96 Å². The van der Waals surface area contributed by atoms with Crippen molar-refractivity contribution in [1.29, 1.82) is 0 Å². The molecule has 28 heavy (non-hydrogen) atoms. The monoisotopic (exact) mass is 390 g/mol. The van der Waals surface area contributed by atoms with Gasteiger partial charge in [0, 0.05) is 23.3 Å². The number of Topliss-reactive ketones (excluding diaryl/α,β-unsaturated/α-hetero) is 1. The van der Waals surface area contributed by atoms with E-state index in [0.29, 0.717) is 16.6 Å². The molecule has 5 nitrogen and oxygen atoms in total. The standard InChI is InChI=1S/C22H18N2O3S/c1-15-6-8-19(9-7-15)28(26,27)24-13-11-21-20(10-12-23-22(21)24)18-5-3-4-17(14-18)16(2)25/h3-14H,1-2H3. The maximum atomic E-state index is 13.1. The van der Waals surface area contributed by atoms with Crippen LogP contribution in [0.25, 0.3) is 22.2 Å². The van der Waals surface area contributed by atoms with Gasteiger partial charge in [0.1, 0.15) is 0 Å². The molecule has 0 bridgehead atoms. The zero-order valence-corrected chi connectivity index (χ0v) is 16.3. The molecule has 0 unspecified atom stereocenters. The van der Waals surface area contributed by atoms with Crippen LogP contribution in [0.5, 0.6) is 0 Å². The van der Waals surface area contributed by atoms with Crippen LogP contribution in [0, 0.1) is 6.92 Å². The minimum Gasteiger partial charge on any atom is -0.295 e. The van der Waals surface area contributed by atoms with E-state index in [1.807, 2.05) is 31.2 Å². The van der Waals surface area contributed by atoms with Crippen LogP contribution in [0.1, 0.15) is 22.8 Å². The van der Waals surface area contributed by atoms with Gasteiger partial charge in [-0.1, -0.05) is 35.9 Å². The summed E-state index contributed by atoms with van der Waals surface area (Å²) in [7, 11) is -3.76. The number of ketones is 1. The Labute approximate surface area is 163 Å². The highest BCUT2D eigenvalue weighted by Gasteiger charge is 2.20. The van der Waals surface area contributed by atoms with Gasteiger partial charge in [-0.25, -0.2) is 17.4 Å². The van der Waals surface area contributed by atoms with Gasteiger partial charge in [-0.3, -0.25) is 4.79 Å². The van der Waals surface area contributed by atoms with Crippen LogP contribution in [0.3, 0.4) is 0 Å². The lowest BCUT2D eigenvalue weighted by Gasteiger charge is -2.09. The highest BCUT2D eigenvalue weighted by atomic mass is 32.2. The zero-order chi connectivity index (χ0) is 19.9. The highest BCUT2D eigenvalue weighted by Crippen LogP contribution is 2.30. The van der Waals surface area contributed by atoms with Crippen LogP contribution in [-0.2, 0) is 10.0 Å². The number of carbonyl (C=O) groups excluding carboxylic acids is 1. The molecule has 0 amide bonds. The van der Waals surface area contributed by atoms with E-state index in [4.69, 9.17) is 0 Å². The Morgan fingerprint density at radius 3 is 2.46 bits per heavy atom. The van der Waals surface area contributed by atoms with Crippen molar-refractivity contribution in [3.05, 3.63) is 84.2 Å². The lowest BCUT2D eigenvalue weighted by Crippen LogP contribution is -2.12. The number of aryl methyl sites for hydroxylation is 1. The number of aromatic nitrogens is 2. The second kappa shape index (κ2) is 6.73. The first-order valence-corrected chi connectivity index (χ1v) is 10.2. The Morgan fingerprint density at radius 1 is 1.00 bits per heavy atom. The quantitative estimate of drug-likeness (QED) is 0.483. The molecule has 0 aliphatic heterocycles. The predicted octanol–water partition coefficient (Wildman–Crippen LogP) is 4.45. The number of hydrogen-bond acceptors (Lipinski definition) is 4. The molecular weight excluding hydrogens is 372 g/mol. The van der Waals surface area contributed by atoms with E-state index in [0.717, 1.165) is 16.7 Å². The van der Waals surface area contributed by atoms with Crippen molar-refractivity contribution < 1.29 is 13.2 Å². The van der Waals surface area contributed by atoms with Crippen LogP contribution in [0.4, 0.5) is 0 Å². The Balaban J connectivity index is 1.89. The molecule has 4 rings (SSSR count). The third kappa shape index (κ3) is 3.01. The number of rotatable bonds is 4. The lowest BCUT2D eigenvalue weighted by molar-refractivity contribution is 0.101.